The van der Waals surface area contributed by atoms with Crippen molar-refractivity contribution in [3.05, 3.63) is 34.1 Å². The number of nitro groups is 1. The number of nitrogens with one attached hydrogen (secondary N) is 2. The third-order valence-corrected chi connectivity index (χ3v) is 3.81. The third-order valence-electron chi connectivity index (χ3n) is 3.61. The van der Waals surface area contributed by atoms with Crippen LogP contribution in [0.4, 0.5) is 15.8 Å². The lowest BCUT2D eigenvalue weighted by Gasteiger charge is -2.12. The van der Waals surface area contributed by atoms with Crippen LogP contribution in [-0.4, -0.2) is 15.9 Å². The van der Waals surface area contributed by atoms with Gasteiger partial charge in [-0.25, -0.2) is 4.39 Å². The molecule has 0 atom stereocenters. The summed E-state index contributed by atoms with van der Waals surface area (Å²) in [6, 6.07) is 3.07. The van der Waals surface area contributed by atoms with Gasteiger partial charge in [0.15, 0.2) is 5.11 Å². The Morgan fingerprint density at radius 1 is 1.41 bits per heavy atom. The predicted octanol–water partition coefficient (Wildman–Crippen LogP) is 3.13. The van der Waals surface area contributed by atoms with E-state index in [9.17, 15) is 19.3 Å². The van der Waals surface area contributed by atoms with E-state index in [2.05, 4.69) is 10.6 Å². The molecule has 6 nitrogen and oxygen atoms in total. The van der Waals surface area contributed by atoms with Crippen LogP contribution in [0, 0.1) is 21.8 Å². The molecule has 0 saturated heterocycles. The standard InChI is InChI=1S/C14H16FN3O3S/c15-11-6-5-10(18(20)21)8-12(11)16-14(22)17-13(19)7-9-3-1-2-4-9/h5-6,8-9H,1-4,7H2,(H2,16,17,19,22). The van der Waals surface area contributed by atoms with Crippen molar-refractivity contribution < 1.29 is 14.1 Å². The van der Waals surface area contributed by atoms with E-state index in [4.69, 9.17) is 12.2 Å². The maximum Gasteiger partial charge on any atom is 0.271 e. The van der Waals surface area contributed by atoms with Crippen LogP contribution >= 0.6 is 12.2 Å². The van der Waals surface area contributed by atoms with E-state index in [0.717, 1.165) is 43.9 Å². The molecular formula is C14H16FN3O3S. The van der Waals surface area contributed by atoms with Gasteiger partial charge in [-0.1, -0.05) is 12.8 Å². The Bertz CT molecular complexity index is 603. The summed E-state index contributed by atoms with van der Waals surface area (Å²) in [5, 5.41) is 15.6. The zero-order chi connectivity index (χ0) is 16.1. The van der Waals surface area contributed by atoms with Gasteiger partial charge in [-0.2, -0.15) is 0 Å². The van der Waals surface area contributed by atoms with Crippen molar-refractivity contribution >= 4 is 34.6 Å². The summed E-state index contributed by atoms with van der Waals surface area (Å²) in [6.07, 6.45) is 4.73. The van der Waals surface area contributed by atoms with Crippen LogP contribution in [0.5, 0.6) is 0 Å². The minimum absolute atomic E-state index is 0.0672. The molecule has 1 aromatic carbocycles. The fraction of sp³-hybridized carbons (Fsp3) is 0.429. The molecule has 0 unspecified atom stereocenters. The van der Waals surface area contributed by atoms with Gasteiger partial charge in [-0.15, -0.1) is 0 Å². The van der Waals surface area contributed by atoms with Crippen LogP contribution < -0.4 is 10.6 Å². The molecule has 0 bridgehead atoms. The van der Waals surface area contributed by atoms with Crippen molar-refractivity contribution in [2.24, 2.45) is 5.92 Å². The number of hydrogen-bond donors (Lipinski definition) is 2. The van der Waals surface area contributed by atoms with Crippen molar-refractivity contribution in [2.45, 2.75) is 32.1 Å². The van der Waals surface area contributed by atoms with Crippen LogP contribution in [-0.2, 0) is 4.79 Å². The first kappa shape index (κ1) is 16.3. The van der Waals surface area contributed by atoms with Gasteiger partial charge < -0.3 is 10.6 Å². The average molecular weight is 325 g/mol. The van der Waals surface area contributed by atoms with Gasteiger partial charge in [0.1, 0.15) is 5.82 Å². The summed E-state index contributed by atoms with van der Waals surface area (Å²) in [7, 11) is 0. The summed E-state index contributed by atoms with van der Waals surface area (Å²) in [6.45, 7) is 0. The Labute approximate surface area is 132 Å². The number of non-ortho nitro benzene ring substituents is 1. The number of anilines is 1. The molecule has 1 saturated carbocycles. The number of carbonyl (C=O) groups excluding carboxylic acids is 1. The second kappa shape index (κ2) is 7.26. The fourth-order valence-electron chi connectivity index (χ4n) is 2.53. The number of nitro benzene ring substituents is 1. The highest BCUT2D eigenvalue weighted by Crippen LogP contribution is 2.27. The lowest BCUT2D eigenvalue weighted by molar-refractivity contribution is -0.384. The van der Waals surface area contributed by atoms with E-state index in [1.165, 1.54) is 0 Å². The van der Waals surface area contributed by atoms with E-state index in [-0.39, 0.29) is 22.4 Å². The lowest BCUT2D eigenvalue weighted by atomic mass is 10.0. The van der Waals surface area contributed by atoms with Crippen LogP contribution in [0.2, 0.25) is 0 Å². The van der Waals surface area contributed by atoms with Gasteiger partial charge in [-0.3, -0.25) is 14.9 Å². The third kappa shape index (κ3) is 4.45. The monoisotopic (exact) mass is 325 g/mol. The summed E-state index contributed by atoms with van der Waals surface area (Å²) >= 11 is 4.94. The van der Waals surface area contributed by atoms with E-state index in [1.807, 2.05) is 0 Å². The second-order valence-electron chi connectivity index (χ2n) is 5.28. The molecule has 2 N–H and O–H groups in total. The number of nitrogens with zero attached hydrogens (tertiary/aromatic N) is 1. The van der Waals surface area contributed by atoms with Crippen molar-refractivity contribution in [3.8, 4) is 0 Å². The Hall–Kier alpha value is -2.09. The molecule has 118 valence electrons. The molecule has 8 heteroatoms. The molecule has 22 heavy (non-hydrogen) atoms. The van der Waals surface area contributed by atoms with Crippen LogP contribution in [0.3, 0.4) is 0 Å². The SMILES string of the molecule is O=C(CC1CCCC1)NC(=S)Nc1cc([N+](=O)[O-])ccc1F. The number of carbonyl (C=O) groups is 1. The minimum Gasteiger partial charge on any atom is -0.330 e. The van der Waals surface area contributed by atoms with Crippen molar-refractivity contribution in [1.29, 1.82) is 0 Å². The van der Waals surface area contributed by atoms with Crippen molar-refractivity contribution in [1.82, 2.24) is 5.32 Å². The average Bonchev–Trinajstić information content (AvgIpc) is 2.93. The fourth-order valence-corrected chi connectivity index (χ4v) is 2.75. The highest BCUT2D eigenvalue weighted by molar-refractivity contribution is 7.80. The van der Waals surface area contributed by atoms with E-state index in [0.29, 0.717) is 12.3 Å². The molecule has 0 spiro atoms. The Morgan fingerprint density at radius 2 is 2.09 bits per heavy atom. The summed E-state index contributed by atoms with van der Waals surface area (Å²) in [5.41, 5.74) is -0.399. The molecule has 1 fully saturated rings. The van der Waals surface area contributed by atoms with Crippen LogP contribution in [0.15, 0.2) is 18.2 Å². The van der Waals surface area contributed by atoms with E-state index >= 15 is 0 Å². The van der Waals surface area contributed by atoms with Crippen molar-refractivity contribution in [2.75, 3.05) is 5.32 Å². The first-order chi connectivity index (χ1) is 10.5. The zero-order valence-corrected chi connectivity index (χ0v) is 12.6. The van der Waals surface area contributed by atoms with Crippen molar-refractivity contribution in [3.63, 3.8) is 0 Å². The first-order valence-electron chi connectivity index (χ1n) is 7.00. The lowest BCUT2D eigenvalue weighted by Crippen LogP contribution is -2.35. The molecule has 1 aromatic rings. The Balaban J connectivity index is 1.92. The van der Waals surface area contributed by atoms with Gasteiger partial charge in [0.2, 0.25) is 5.91 Å². The smallest absolute Gasteiger partial charge is 0.271 e. The highest BCUT2D eigenvalue weighted by atomic mass is 32.1. The van der Waals surface area contributed by atoms with Gasteiger partial charge in [0.05, 0.1) is 10.6 Å². The zero-order valence-electron chi connectivity index (χ0n) is 11.8. The number of hydrogen-bond acceptors (Lipinski definition) is 4. The number of amides is 1. The highest BCUT2D eigenvalue weighted by Gasteiger charge is 2.19. The van der Waals surface area contributed by atoms with Gasteiger partial charge >= 0.3 is 0 Å². The quantitative estimate of drug-likeness (QED) is 0.505. The molecule has 2 rings (SSSR count). The Morgan fingerprint density at radius 3 is 2.73 bits per heavy atom. The van der Waals surface area contributed by atoms with Crippen LogP contribution in [0.25, 0.3) is 0 Å². The molecule has 0 radical (unpaired) electrons. The maximum absolute atomic E-state index is 13.6. The molecule has 0 aromatic heterocycles. The Kier molecular flexibility index (Phi) is 5.37. The largest absolute Gasteiger partial charge is 0.330 e. The molecule has 1 amide bonds. The number of rotatable bonds is 4. The molecule has 0 heterocycles. The first-order valence-corrected chi connectivity index (χ1v) is 7.41. The van der Waals surface area contributed by atoms with E-state index < -0.39 is 10.7 Å². The summed E-state index contributed by atoms with van der Waals surface area (Å²) in [5.74, 6) is -0.537. The summed E-state index contributed by atoms with van der Waals surface area (Å²) < 4.78 is 13.6. The van der Waals surface area contributed by atoms with Crippen LogP contribution in [0.1, 0.15) is 32.1 Å². The molecule has 1 aliphatic rings. The van der Waals surface area contributed by atoms with Gasteiger partial charge in [0.25, 0.3) is 5.69 Å². The normalized spacial score (nSPS) is 14.6. The van der Waals surface area contributed by atoms with Gasteiger partial charge in [-0.05, 0) is 37.0 Å². The minimum atomic E-state index is -0.682. The molecular weight excluding hydrogens is 309 g/mol. The molecule has 0 aliphatic heterocycles. The predicted molar refractivity (Wildman–Crippen MR) is 84.0 cm³/mol. The topological polar surface area (TPSA) is 84.3 Å². The van der Waals surface area contributed by atoms with Gasteiger partial charge in [0, 0.05) is 18.6 Å². The summed E-state index contributed by atoms with van der Waals surface area (Å²) in [4.78, 5) is 21.9. The number of thiocarbonyl (C=S) groups is 1. The maximum atomic E-state index is 13.6. The second-order valence-corrected chi connectivity index (χ2v) is 5.69. The van der Waals surface area contributed by atoms with E-state index in [1.54, 1.807) is 0 Å². The molecule has 1 aliphatic carbocycles. The number of halogens is 1. The number of benzene rings is 1.